The Morgan fingerprint density at radius 3 is 2.91 bits per heavy atom. The maximum Gasteiger partial charge on any atom is 0.319 e. The highest BCUT2D eigenvalue weighted by Crippen LogP contribution is 2.33. The van der Waals surface area contributed by atoms with Gasteiger partial charge in [0, 0.05) is 46.8 Å². The number of fused-ring (bicyclic) bond motifs is 1. The van der Waals surface area contributed by atoms with Gasteiger partial charge in [-0.1, -0.05) is 0 Å². The van der Waals surface area contributed by atoms with Crippen molar-refractivity contribution in [1.29, 1.82) is 0 Å². The van der Waals surface area contributed by atoms with E-state index in [0.29, 0.717) is 5.92 Å². The average Bonchev–Trinajstić information content (AvgIpc) is 3.14. The molecule has 2 amide bonds. The van der Waals surface area contributed by atoms with E-state index in [1.54, 1.807) is 18.3 Å². The van der Waals surface area contributed by atoms with Gasteiger partial charge in [0.15, 0.2) is 0 Å². The monoisotopic (exact) mass is 307 g/mol. The Hall–Kier alpha value is -1.53. The second-order valence-electron chi connectivity index (χ2n) is 6.44. The third-order valence-electron chi connectivity index (χ3n) is 4.83. The van der Waals surface area contributed by atoms with Crippen molar-refractivity contribution in [2.24, 2.45) is 5.92 Å². The summed E-state index contributed by atoms with van der Waals surface area (Å²) in [5.74, 6) is 1.34. The van der Waals surface area contributed by atoms with Crippen LogP contribution in [0.4, 0.5) is 4.79 Å². The number of hydrogen-bond acceptors (Lipinski definition) is 4. The largest absolute Gasteiger partial charge is 0.468 e. The van der Waals surface area contributed by atoms with Gasteiger partial charge in [-0.05, 0) is 18.6 Å². The van der Waals surface area contributed by atoms with Gasteiger partial charge in [-0.3, -0.25) is 4.90 Å². The molecule has 122 valence electrons. The molecular weight excluding hydrogens is 282 g/mol. The first-order chi connectivity index (χ1) is 10.6. The zero-order chi connectivity index (χ0) is 15.7. The Bertz CT molecular complexity index is 503. The molecule has 22 heavy (non-hydrogen) atoms. The van der Waals surface area contributed by atoms with E-state index >= 15 is 0 Å². The lowest BCUT2D eigenvalue weighted by Crippen LogP contribution is -2.55. The molecule has 2 fully saturated rings. The highest BCUT2D eigenvalue weighted by atomic mass is 16.5. The lowest BCUT2D eigenvalue weighted by atomic mass is 9.89. The molecule has 6 heteroatoms. The second kappa shape index (κ2) is 6.30. The number of carbonyl (C=O) groups excluding carboxylic acids is 1. The van der Waals surface area contributed by atoms with Gasteiger partial charge in [0.05, 0.1) is 25.0 Å². The lowest BCUT2D eigenvalue weighted by Gasteiger charge is -2.42. The number of likely N-dealkylation sites (tertiary alicyclic amines) is 2. The van der Waals surface area contributed by atoms with Crippen LogP contribution in [0, 0.1) is 5.92 Å². The first kappa shape index (κ1) is 15.4. The van der Waals surface area contributed by atoms with E-state index in [-0.39, 0.29) is 18.2 Å². The summed E-state index contributed by atoms with van der Waals surface area (Å²) in [6, 6.07) is 4.24. The molecule has 0 saturated carbocycles. The van der Waals surface area contributed by atoms with Crippen LogP contribution in [0.2, 0.25) is 0 Å². The Labute approximate surface area is 131 Å². The van der Waals surface area contributed by atoms with Gasteiger partial charge in [-0.2, -0.15) is 0 Å². The fraction of sp³-hybridized carbons (Fsp3) is 0.688. The predicted octanol–water partition coefficient (Wildman–Crippen LogP) is 1.48. The summed E-state index contributed by atoms with van der Waals surface area (Å²) in [5, 5.41) is 0. The molecule has 0 aliphatic carbocycles. The number of methoxy groups -OCH3 is 1. The van der Waals surface area contributed by atoms with Crippen molar-refractivity contribution < 1.29 is 13.9 Å². The van der Waals surface area contributed by atoms with Gasteiger partial charge in [0.2, 0.25) is 0 Å². The Morgan fingerprint density at radius 2 is 2.27 bits per heavy atom. The molecule has 1 aromatic heterocycles. The van der Waals surface area contributed by atoms with Crippen LogP contribution in [-0.4, -0.2) is 73.7 Å². The maximum absolute atomic E-state index is 12.4. The van der Waals surface area contributed by atoms with E-state index in [4.69, 9.17) is 9.15 Å². The number of ether oxygens (including phenoxy) is 1. The number of furan rings is 1. The van der Waals surface area contributed by atoms with Crippen LogP contribution >= 0.6 is 0 Å². The molecule has 0 bridgehead atoms. The molecule has 0 N–H and O–H groups in total. The number of piperidine rings is 1. The standard InChI is InChI=1S/C16H25N3O3/c1-17(2)16(20)19-7-6-15(21-3)13-10-18(11-14(13)19)9-12-5-4-8-22-12/h4-5,8,13-15H,6-7,9-11H2,1-3H3/t13-,14+,15-/m1/s1. The molecule has 0 radical (unpaired) electrons. The van der Waals surface area contributed by atoms with Crippen molar-refractivity contribution in [3.8, 4) is 0 Å². The molecule has 3 heterocycles. The SMILES string of the molecule is CO[C@@H]1CCN(C(=O)N(C)C)[C@H]2CN(Cc3ccco3)C[C@@H]12. The molecule has 0 spiro atoms. The summed E-state index contributed by atoms with van der Waals surface area (Å²) >= 11 is 0. The average molecular weight is 307 g/mol. The minimum Gasteiger partial charge on any atom is -0.468 e. The quantitative estimate of drug-likeness (QED) is 0.849. The molecule has 1 aromatic rings. The summed E-state index contributed by atoms with van der Waals surface area (Å²) in [5.41, 5.74) is 0. The highest BCUT2D eigenvalue weighted by Gasteiger charge is 2.46. The van der Waals surface area contributed by atoms with Gasteiger partial charge in [0.1, 0.15) is 5.76 Å². The number of amides is 2. The lowest BCUT2D eigenvalue weighted by molar-refractivity contribution is -0.0117. The van der Waals surface area contributed by atoms with Gasteiger partial charge in [-0.25, -0.2) is 4.79 Å². The summed E-state index contributed by atoms with van der Waals surface area (Å²) in [7, 11) is 5.41. The smallest absolute Gasteiger partial charge is 0.319 e. The number of rotatable bonds is 3. The molecule has 0 aromatic carbocycles. The Balaban J connectivity index is 1.73. The van der Waals surface area contributed by atoms with Crippen molar-refractivity contribution in [2.45, 2.75) is 25.1 Å². The van der Waals surface area contributed by atoms with Gasteiger partial charge >= 0.3 is 6.03 Å². The van der Waals surface area contributed by atoms with E-state index < -0.39 is 0 Å². The number of hydrogen-bond donors (Lipinski definition) is 0. The number of carbonyl (C=O) groups is 1. The van der Waals surface area contributed by atoms with Crippen molar-refractivity contribution in [3.63, 3.8) is 0 Å². The molecular formula is C16H25N3O3. The van der Waals surface area contributed by atoms with Crippen molar-refractivity contribution in [1.82, 2.24) is 14.7 Å². The minimum absolute atomic E-state index is 0.101. The number of nitrogens with zero attached hydrogens (tertiary/aromatic N) is 3. The summed E-state index contributed by atoms with van der Waals surface area (Å²) in [6.45, 7) is 3.39. The molecule has 2 saturated heterocycles. The third-order valence-corrected chi connectivity index (χ3v) is 4.83. The molecule has 3 rings (SSSR count). The summed E-state index contributed by atoms with van der Waals surface area (Å²) in [4.78, 5) is 18.5. The Morgan fingerprint density at radius 1 is 1.45 bits per heavy atom. The number of urea groups is 1. The van der Waals surface area contributed by atoms with Crippen LogP contribution in [0.5, 0.6) is 0 Å². The van der Waals surface area contributed by atoms with Crippen LogP contribution in [0.15, 0.2) is 22.8 Å². The highest BCUT2D eigenvalue weighted by molar-refractivity contribution is 5.74. The fourth-order valence-corrected chi connectivity index (χ4v) is 3.77. The first-order valence-corrected chi connectivity index (χ1v) is 7.85. The van der Waals surface area contributed by atoms with Gasteiger partial charge in [-0.15, -0.1) is 0 Å². The van der Waals surface area contributed by atoms with Crippen LogP contribution in [0.3, 0.4) is 0 Å². The van der Waals surface area contributed by atoms with E-state index in [2.05, 4.69) is 4.90 Å². The zero-order valence-electron chi connectivity index (χ0n) is 13.6. The van der Waals surface area contributed by atoms with Crippen LogP contribution in [0.25, 0.3) is 0 Å². The maximum atomic E-state index is 12.4. The summed E-state index contributed by atoms with van der Waals surface area (Å²) in [6.07, 6.45) is 2.85. The predicted molar refractivity (Wildman–Crippen MR) is 82.5 cm³/mol. The zero-order valence-corrected chi connectivity index (χ0v) is 13.6. The normalized spacial score (nSPS) is 28.7. The van der Waals surface area contributed by atoms with Crippen molar-refractivity contribution in [2.75, 3.05) is 40.8 Å². The fourth-order valence-electron chi connectivity index (χ4n) is 3.77. The van der Waals surface area contributed by atoms with Crippen molar-refractivity contribution in [3.05, 3.63) is 24.2 Å². The first-order valence-electron chi connectivity index (χ1n) is 7.85. The van der Waals surface area contributed by atoms with Crippen LogP contribution in [-0.2, 0) is 11.3 Å². The van der Waals surface area contributed by atoms with E-state index in [9.17, 15) is 4.79 Å². The molecule has 0 unspecified atom stereocenters. The van der Waals surface area contributed by atoms with E-state index in [0.717, 1.165) is 38.4 Å². The summed E-state index contributed by atoms with van der Waals surface area (Å²) < 4.78 is 11.1. The topological polar surface area (TPSA) is 49.2 Å². The molecule has 2 aliphatic heterocycles. The molecule has 2 aliphatic rings. The minimum atomic E-state index is 0.101. The van der Waals surface area contributed by atoms with Crippen LogP contribution in [0.1, 0.15) is 12.2 Å². The molecule has 3 atom stereocenters. The second-order valence-corrected chi connectivity index (χ2v) is 6.44. The van der Waals surface area contributed by atoms with E-state index in [1.807, 2.05) is 31.1 Å². The molecule has 6 nitrogen and oxygen atoms in total. The van der Waals surface area contributed by atoms with Crippen LogP contribution < -0.4 is 0 Å². The Kier molecular flexibility index (Phi) is 4.40. The van der Waals surface area contributed by atoms with Gasteiger partial charge in [0.25, 0.3) is 0 Å². The van der Waals surface area contributed by atoms with Gasteiger partial charge < -0.3 is 19.0 Å². The third kappa shape index (κ3) is 2.85. The van der Waals surface area contributed by atoms with Crippen molar-refractivity contribution >= 4 is 6.03 Å². The van der Waals surface area contributed by atoms with E-state index in [1.165, 1.54) is 0 Å².